The van der Waals surface area contributed by atoms with Crippen molar-refractivity contribution in [2.75, 3.05) is 18.1 Å². The van der Waals surface area contributed by atoms with Gasteiger partial charge in [-0.15, -0.1) is 0 Å². The smallest absolute Gasteiger partial charge is 0.396 e. The lowest BCUT2D eigenvalue weighted by Gasteiger charge is -2.38. The van der Waals surface area contributed by atoms with Gasteiger partial charge in [-0.25, -0.2) is 4.90 Å². The van der Waals surface area contributed by atoms with Crippen molar-refractivity contribution in [3.63, 3.8) is 0 Å². The molecule has 1 aromatic rings. The summed E-state index contributed by atoms with van der Waals surface area (Å²) in [5, 5.41) is 9.24. The van der Waals surface area contributed by atoms with E-state index in [0.717, 1.165) is 31.4 Å². The molecule has 5 nitrogen and oxygen atoms in total. The molecule has 2 atom stereocenters. The summed E-state index contributed by atoms with van der Waals surface area (Å²) < 4.78 is 39.8. The van der Waals surface area contributed by atoms with Crippen molar-refractivity contribution < 1.29 is 27.9 Å². The van der Waals surface area contributed by atoms with E-state index in [2.05, 4.69) is 0 Å². The third-order valence-electron chi connectivity index (χ3n) is 5.11. The van der Waals surface area contributed by atoms with Gasteiger partial charge in [0.1, 0.15) is 0 Å². The van der Waals surface area contributed by atoms with E-state index in [1.165, 1.54) is 12.1 Å². The van der Waals surface area contributed by atoms with Crippen LogP contribution in [0.15, 0.2) is 24.3 Å². The largest absolute Gasteiger partial charge is 0.418 e. The number of benzene rings is 1. The van der Waals surface area contributed by atoms with Gasteiger partial charge in [-0.3, -0.25) is 14.5 Å². The maximum atomic E-state index is 13.3. The van der Waals surface area contributed by atoms with Gasteiger partial charge in [-0.05, 0) is 37.9 Å². The maximum Gasteiger partial charge on any atom is 0.418 e. The van der Waals surface area contributed by atoms with Crippen LogP contribution in [0, 0.1) is 0 Å². The van der Waals surface area contributed by atoms with Crippen molar-refractivity contribution in [2.24, 2.45) is 0 Å². The zero-order chi connectivity index (χ0) is 18.9. The van der Waals surface area contributed by atoms with Crippen LogP contribution in [0.2, 0.25) is 0 Å². The number of likely N-dealkylation sites (tertiary alicyclic amines) is 1. The number of halogens is 3. The number of aliphatic hydroxyl groups excluding tert-OH is 1. The summed E-state index contributed by atoms with van der Waals surface area (Å²) in [5.41, 5.74) is -1.40. The van der Waals surface area contributed by atoms with Crippen molar-refractivity contribution in [3.8, 4) is 0 Å². The average Bonchev–Trinajstić information content (AvgIpc) is 2.89. The highest BCUT2D eigenvalue weighted by molar-refractivity contribution is 6.22. The van der Waals surface area contributed by atoms with E-state index in [9.17, 15) is 27.9 Å². The fourth-order valence-corrected chi connectivity index (χ4v) is 3.93. The molecule has 2 unspecified atom stereocenters. The lowest BCUT2D eigenvalue weighted by atomic mass is 9.97. The number of carbonyl (C=O) groups is 2. The summed E-state index contributed by atoms with van der Waals surface area (Å²) in [4.78, 5) is 27.9. The molecule has 0 aliphatic carbocycles. The van der Waals surface area contributed by atoms with E-state index in [1.54, 1.807) is 0 Å². The molecule has 1 N–H and O–H groups in total. The normalized spacial score (nSPS) is 25.2. The maximum absolute atomic E-state index is 13.3. The van der Waals surface area contributed by atoms with Crippen LogP contribution in [-0.4, -0.2) is 47.1 Å². The Bertz CT molecular complexity index is 691. The van der Waals surface area contributed by atoms with Gasteiger partial charge in [-0.2, -0.15) is 13.2 Å². The van der Waals surface area contributed by atoms with E-state index in [0.29, 0.717) is 17.9 Å². The van der Waals surface area contributed by atoms with Crippen LogP contribution in [0.25, 0.3) is 0 Å². The number of para-hydroxylation sites is 1. The molecule has 2 aliphatic heterocycles. The molecule has 0 saturated carbocycles. The summed E-state index contributed by atoms with van der Waals surface area (Å²) in [6.45, 7) is 0.569. The van der Waals surface area contributed by atoms with Crippen molar-refractivity contribution in [2.45, 2.75) is 50.4 Å². The zero-order valence-electron chi connectivity index (χ0n) is 14.2. The SMILES string of the molecule is O=C1CC(N2CCCCC2CCO)C(=O)N1c1ccccc1C(F)(F)F. The van der Waals surface area contributed by atoms with E-state index in [1.807, 2.05) is 4.90 Å². The van der Waals surface area contributed by atoms with Crippen molar-refractivity contribution in [3.05, 3.63) is 29.8 Å². The third-order valence-corrected chi connectivity index (χ3v) is 5.11. The Morgan fingerprint density at radius 1 is 1.15 bits per heavy atom. The number of hydrogen-bond acceptors (Lipinski definition) is 4. The summed E-state index contributed by atoms with van der Waals surface area (Å²) in [5.74, 6) is -1.23. The number of imide groups is 1. The van der Waals surface area contributed by atoms with E-state index < -0.39 is 35.3 Å². The highest BCUT2D eigenvalue weighted by Crippen LogP contribution is 2.39. The average molecular weight is 370 g/mol. The first-order valence-electron chi connectivity index (χ1n) is 8.74. The minimum Gasteiger partial charge on any atom is -0.396 e. The molecule has 3 rings (SSSR count). The van der Waals surface area contributed by atoms with E-state index in [-0.39, 0.29) is 19.1 Å². The Morgan fingerprint density at radius 3 is 2.58 bits per heavy atom. The first kappa shape index (κ1) is 18.8. The van der Waals surface area contributed by atoms with Crippen molar-refractivity contribution >= 4 is 17.5 Å². The lowest BCUT2D eigenvalue weighted by Crippen LogP contribution is -2.50. The number of anilines is 1. The molecule has 2 heterocycles. The summed E-state index contributed by atoms with van der Waals surface area (Å²) in [6, 6.07) is 3.85. The van der Waals surface area contributed by atoms with Gasteiger partial charge in [0.25, 0.3) is 5.91 Å². The Morgan fingerprint density at radius 2 is 1.88 bits per heavy atom. The third kappa shape index (κ3) is 3.48. The molecule has 0 aromatic heterocycles. The van der Waals surface area contributed by atoms with Gasteiger partial charge in [-0.1, -0.05) is 18.6 Å². The second-order valence-electron chi connectivity index (χ2n) is 6.70. The molecular formula is C18H21F3N2O3. The van der Waals surface area contributed by atoms with Crippen molar-refractivity contribution in [1.82, 2.24) is 4.90 Å². The van der Waals surface area contributed by atoms with Crippen LogP contribution in [0.4, 0.5) is 18.9 Å². The number of piperidine rings is 1. The molecule has 142 valence electrons. The van der Waals surface area contributed by atoms with Gasteiger partial charge in [0.15, 0.2) is 0 Å². The van der Waals surface area contributed by atoms with Gasteiger partial charge in [0.2, 0.25) is 5.91 Å². The van der Waals surface area contributed by atoms with E-state index in [4.69, 9.17) is 0 Å². The number of alkyl halides is 3. The van der Waals surface area contributed by atoms with Gasteiger partial charge in [0.05, 0.1) is 23.7 Å². The van der Waals surface area contributed by atoms with Gasteiger partial charge in [0, 0.05) is 12.6 Å². The highest BCUT2D eigenvalue weighted by Gasteiger charge is 2.47. The Balaban J connectivity index is 1.91. The molecule has 2 amide bonds. The summed E-state index contributed by atoms with van der Waals surface area (Å²) >= 11 is 0. The Hall–Kier alpha value is -1.93. The molecule has 2 saturated heterocycles. The van der Waals surface area contributed by atoms with Crippen LogP contribution in [0.1, 0.15) is 37.7 Å². The molecule has 0 radical (unpaired) electrons. The zero-order valence-corrected chi connectivity index (χ0v) is 14.2. The molecule has 8 heteroatoms. The second kappa shape index (κ2) is 7.36. The quantitative estimate of drug-likeness (QED) is 0.828. The summed E-state index contributed by atoms with van der Waals surface area (Å²) in [6.07, 6.45) is -1.67. The lowest BCUT2D eigenvalue weighted by molar-refractivity contribution is -0.137. The number of carbonyl (C=O) groups excluding carboxylic acids is 2. The van der Waals surface area contributed by atoms with Crippen LogP contribution in [0.3, 0.4) is 0 Å². The Labute approximate surface area is 149 Å². The highest BCUT2D eigenvalue weighted by atomic mass is 19.4. The topological polar surface area (TPSA) is 60.9 Å². The second-order valence-corrected chi connectivity index (χ2v) is 6.70. The number of aliphatic hydroxyl groups is 1. The number of amides is 2. The fourth-order valence-electron chi connectivity index (χ4n) is 3.93. The van der Waals surface area contributed by atoms with Crippen LogP contribution in [0.5, 0.6) is 0 Å². The van der Waals surface area contributed by atoms with Gasteiger partial charge < -0.3 is 5.11 Å². The summed E-state index contributed by atoms with van der Waals surface area (Å²) in [7, 11) is 0. The predicted molar refractivity (Wildman–Crippen MR) is 88.4 cm³/mol. The van der Waals surface area contributed by atoms with E-state index >= 15 is 0 Å². The molecule has 0 spiro atoms. The monoisotopic (exact) mass is 370 g/mol. The first-order valence-corrected chi connectivity index (χ1v) is 8.74. The molecule has 2 fully saturated rings. The Kier molecular flexibility index (Phi) is 5.34. The number of hydrogen-bond donors (Lipinski definition) is 1. The fraction of sp³-hybridized carbons (Fsp3) is 0.556. The van der Waals surface area contributed by atoms with Crippen LogP contribution >= 0.6 is 0 Å². The standard InChI is InChI=1S/C18H21F3N2O3/c19-18(20,21)13-6-1-2-7-14(13)23-16(25)11-15(17(23)26)22-9-4-3-5-12(22)8-10-24/h1-2,6-7,12,15,24H,3-5,8-11H2. The van der Waals surface area contributed by atoms with Crippen LogP contribution in [-0.2, 0) is 15.8 Å². The van der Waals surface area contributed by atoms with Crippen LogP contribution < -0.4 is 4.90 Å². The minimum absolute atomic E-state index is 0.0311. The number of rotatable bonds is 4. The molecule has 0 bridgehead atoms. The van der Waals surface area contributed by atoms with Crippen molar-refractivity contribution in [1.29, 1.82) is 0 Å². The minimum atomic E-state index is -4.65. The van der Waals surface area contributed by atoms with Gasteiger partial charge >= 0.3 is 6.18 Å². The molecule has 26 heavy (non-hydrogen) atoms. The first-order chi connectivity index (χ1) is 12.3. The molecule has 2 aliphatic rings. The molecular weight excluding hydrogens is 349 g/mol. The predicted octanol–water partition coefficient (Wildman–Crippen LogP) is 2.57. The number of nitrogens with zero attached hydrogens (tertiary/aromatic N) is 2. The molecule has 1 aromatic carbocycles.